The molecule has 1 aliphatic heterocycles. The lowest BCUT2D eigenvalue weighted by molar-refractivity contribution is -0.137. The molecule has 27 heavy (non-hydrogen) atoms. The molecule has 1 atom stereocenters. The van der Waals surface area contributed by atoms with Crippen LogP contribution in [0.5, 0.6) is 0 Å². The van der Waals surface area contributed by atoms with E-state index in [1.807, 2.05) is 42.3 Å². The summed E-state index contributed by atoms with van der Waals surface area (Å²) in [4.78, 5) is 28.9. The average molecular weight is 369 g/mol. The van der Waals surface area contributed by atoms with Gasteiger partial charge in [-0.2, -0.15) is 0 Å². The van der Waals surface area contributed by atoms with Crippen molar-refractivity contribution in [1.82, 2.24) is 15.1 Å². The molecule has 1 saturated heterocycles. The molecule has 5 nitrogen and oxygen atoms in total. The summed E-state index contributed by atoms with van der Waals surface area (Å²) in [6, 6.07) is 15.8. The Kier molecular flexibility index (Phi) is 6.19. The van der Waals surface area contributed by atoms with E-state index >= 15 is 0 Å². The van der Waals surface area contributed by atoms with Gasteiger partial charge in [0, 0.05) is 19.6 Å². The number of rotatable bonds is 5. The van der Waals surface area contributed by atoms with Crippen LogP contribution in [0.1, 0.15) is 17.2 Å². The van der Waals surface area contributed by atoms with E-state index in [9.17, 15) is 14.0 Å². The molecular formula is C21H24FN3O2. The molecule has 1 heterocycles. The van der Waals surface area contributed by atoms with Gasteiger partial charge in [0.15, 0.2) is 0 Å². The van der Waals surface area contributed by atoms with E-state index in [0.717, 1.165) is 18.7 Å². The molecule has 1 N–H and O–H groups in total. The summed E-state index contributed by atoms with van der Waals surface area (Å²) in [5.74, 6) is -0.775. The Morgan fingerprint density at radius 3 is 2.63 bits per heavy atom. The van der Waals surface area contributed by atoms with Crippen molar-refractivity contribution in [2.24, 2.45) is 0 Å². The highest BCUT2D eigenvalue weighted by Crippen LogP contribution is 2.24. The number of nitrogens with zero attached hydrogens (tertiary/aromatic N) is 2. The third-order valence-electron chi connectivity index (χ3n) is 4.78. The lowest BCUT2D eigenvalue weighted by Gasteiger charge is -2.40. The second-order valence-electron chi connectivity index (χ2n) is 6.86. The van der Waals surface area contributed by atoms with Gasteiger partial charge in [-0.05, 0) is 30.3 Å². The van der Waals surface area contributed by atoms with Crippen molar-refractivity contribution in [1.29, 1.82) is 0 Å². The van der Waals surface area contributed by atoms with Gasteiger partial charge in [0.2, 0.25) is 11.8 Å². The number of hydrogen-bond donors (Lipinski definition) is 1. The Bertz CT molecular complexity index is 797. The maximum Gasteiger partial charge on any atom is 0.242 e. The van der Waals surface area contributed by atoms with Crippen molar-refractivity contribution in [2.75, 3.05) is 33.2 Å². The molecule has 0 saturated carbocycles. The molecule has 2 amide bonds. The molecule has 0 aliphatic carbocycles. The summed E-state index contributed by atoms with van der Waals surface area (Å²) in [6.07, 6.45) is 0.0515. The second kappa shape index (κ2) is 8.77. The molecule has 0 spiro atoms. The summed E-state index contributed by atoms with van der Waals surface area (Å²) in [5.41, 5.74) is 1.67. The highest BCUT2D eigenvalue weighted by Gasteiger charge is 2.30. The lowest BCUT2D eigenvalue weighted by Crippen LogP contribution is -2.51. The zero-order valence-electron chi connectivity index (χ0n) is 15.4. The number of carbonyl (C=O) groups excluding carboxylic acids is 2. The smallest absolute Gasteiger partial charge is 0.242 e. The Hall–Kier alpha value is -2.73. The molecular weight excluding hydrogens is 345 g/mol. The minimum Gasteiger partial charge on any atom is -0.347 e. The summed E-state index contributed by atoms with van der Waals surface area (Å²) in [6.45, 7) is 2.12. The fourth-order valence-corrected chi connectivity index (χ4v) is 3.35. The van der Waals surface area contributed by atoms with Gasteiger partial charge >= 0.3 is 0 Å². The Morgan fingerprint density at radius 2 is 1.89 bits per heavy atom. The van der Waals surface area contributed by atoms with Gasteiger partial charge in [-0.1, -0.05) is 42.5 Å². The summed E-state index contributed by atoms with van der Waals surface area (Å²) < 4.78 is 13.2. The summed E-state index contributed by atoms with van der Waals surface area (Å²) in [5, 5.41) is 2.66. The number of halogens is 1. The van der Waals surface area contributed by atoms with Gasteiger partial charge < -0.3 is 15.1 Å². The van der Waals surface area contributed by atoms with Crippen LogP contribution in [-0.2, 0) is 16.0 Å². The molecule has 0 bridgehead atoms. The predicted molar refractivity (Wildman–Crippen MR) is 102 cm³/mol. The number of hydrogen-bond acceptors (Lipinski definition) is 3. The molecule has 6 heteroatoms. The van der Waals surface area contributed by atoms with E-state index in [4.69, 9.17) is 0 Å². The maximum atomic E-state index is 13.2. The summed E-state index contributed by atoms with van der Waals surface area (Å²) >= 11 is 0. The van der Waals surface area contributed by atoms with E-state index in [0.29, 0.717) is 12.1 Å². The van der Waals surface area contributed by atoms with Crippen LogP contribution in [0.3, 0.4) is 0 Å². The van der Waals surface area contributed by atoms with E-state index < -0.39 is 0 Å². The molecule has 0 unspecified atom stereocenters. The van der Waals surface area contributed by atoms with Gasteiger partial charge in [0.05, 0.1) is 19.0 Å². The van der Waals surface area contributed by atoms with Crippen LogP contribution < -0.4 is 5.32 Å². The van der Waals surface area contributed by atoms with Crippen LogP contribution in [-0.4, -0.2) is 54.8 Å². The Labute approximate surface area is 158 Å². The fourth-order valence-electron chi connectivity index (χ4n) is 3.35. The summed E-state index contributed by atoms with van der Waals surface area (Å²) in [7, 11) is 2.04. The van der Waals surface area contributed by atoms with Crippen LogP contribution in [0.4, 0.5) is 4.39 Å². The Balaban J connectivity index is 1.59. The number of benzene rings is 2. The molecule has 2 aromatic rings. The minimum absolute atomic E-state index is 0.0300. The van der Waals surface area contributed by atoms with Crippen molar-refractivity contribution in [3.8, 4) is 0 Å². The van der Waals surface area contributed by atoms with E-state index in [1.165, 1.54) is 12.1 Å². The first kappa shape index (κ1) is 19.0. The topological polar surface area (TPSA) is 52.6 Å². The molecule has 2 aromatic carbocycles. The normalized spacial score (nSPS) is 17.6. The third kappa shape index (κ3) is 5.14. The van der Waals surface area contributed by atoms with E-state index in [1.54, 1.807) is 12.1 Å². The van der Waals surface area contributed by atoms with Gasteiger partial charge in [-0.25, -0.2) is 4.39 Å². The van der Waals surface area contributed by atoms with Crippen LogP contribution >= 0.6 is 0 Å². The van der Waals surface area contributed by atoms with Crippen LogP contribution in [0.25, 0.3) is 0 Å². The molecule has 142 valence electrons. The average Bonchev–Trinajstić information content (AvgIpc) is 2.67. The third-order valence-corrected chi connectivity index (χ3v) is 4.78. The maximum absolute atomic E-state index is 13.2. The largest absolute Gasteiger partial charge is 0.347 e. The number of amides is 2. The first-order chi connectivity index (χ1) is 13.0. The minimum atomic E-state index is -0.375. The highest BCUT2D eigenvalue weighted by molar-refractivity contribution is 5.86. The zero-order chi connectivity index (χ0) is 19.2. The van der Waals surface area contributed by atoms with Gasteiger partial charge in [-0.15, -0.1) is 0 Å². The molecule has 1 aliphatic rings. The SMILES string of the molecule is CN1CCN(C(=O)CNC(=O)Cc2cccc(F)c2)[C@@H](c2ccccc2)C1. The number of nitrogens with one attached hydrogen (secondary N) is 1. The van der Waals surface area contributed by atoms with Crippen molar-refractivity contribution in [2.45, 2.75) is 12.5 Å². The van der Waals surface area contributed by atoms with Gasteiger partial charge in [-0.3, -0.25) is 9.59 Å². The first-order valence-electron chi connectivity index (χ1n) is 9.07. The number of likely N-dealkylation sites (N-methyl/N-ethyl adjacent to an activating group) is 1. The quantitative estimate of drug-likeness (QED) is 0.877. The zero-order valence-corrected chi connectivity index (χ0v) is 15.4. The number of carbonyl (C=O) groups is 2. The second-order valence-corrected chi connectivity index (χ2v) is 6.86. The lowest BCUT2D eigenvalue weighted by atomic mass is 10.0. The van der Waals surface area contributed by atoms with Gasteiger partial charge in [0.1, 0.15) is 5.82 Å². The Morgan fingerprint density at radius 1 is 1.11 bits per heavy atom. The van der Waals surface area contributed by atoms with Crippen molar-refractivity contribution in [3.05, 3.63) is 71.5 Å². The van der Waals surface area contributed by atoms with E-state index in [2.05, 4.69) is 10.2 Å². The monoisotopic (exact) mass is 369 g/mol. The van der Waals surface area contributed by atoms with Crippen LogP contribution in [0.15, 0.2) is 54.6 Å². The van der Waals surface area contributed by atoms with Crippen LogP contribution in [0, 0.1) is 5.82 Å². The van der Waals surface area contributed by atoms with E-state index in [-0.39, 0.29) is 36.6 Å². The van der Waals surface area contributed by atoms with Gasteiger partial charge in [0.25, 0.3) is 0 Å². The molecule has 3 rings (SSSR count). The predicted octanol–water partition coefficient (Wildman–Crippen LogP) is 2.00. The first-order valence-corrected chi connectivity index (χ1v) is 9.07. The fraction of sp³-hybridized carbons (Fsp3) is 0.333. The highest BCUT2D eigenvalue weighted by atomic mass is 19.1. The number of piperazine rings is 1. The van der Waals surface area contributed by atoms with Crippen molar-refractivity contribution >= 4 is 11.8 Å². The molecule has 0 aromatic heterocycles. The molecule has 1 fully saturated rings. The molecule has 0 radical (unpaired) electrons. The van der Waals surface area contributed by atoms with Crippen molar-refractivity contribution in [3.63, 3.8) is 0 Å². The standard InChI is InChI=1S/C21H24FN3O2/c1-24-10-11-25(19(15-24)17-7-3-2-4-8-17)21(27)14-23-20(26)13-16-6-5-9-18(22)12-16/h2-9,12,19H,10-11,13-15H2,1H3,(H,23,26)/t19-/m1/s1. The van der Waals surface area contributed by atoms with Crippen molar-refractivity contribution < 1.29 is 14.0 Å². The van der Waals surface area contributed by atoms with Crippen LogP contribution in [0.2, 0.25) is 0 Å².